The molecular weight excluding hydrogens is 284 g/mol. The zero-order valence-electron chi connectivity index (χ0n) is 10.9. The van der Waals surface area contributed by atoms with E-state index in [9.17, 15) is 18.4 Å². The van der Waals surface area contributed by atoms with Gasteiger partial charge >= 0.3 is 0 Å². The second kappa shape index (κ2) is 4.72. The van der Waals surface area contributed by atoms with Crippen LogP contribution in [-0.4, -0.2) is 21.8 Å². The molecule has 2 aromatic rings. The first-order chi connectivity index (χ1) is 10.0. The minimum atomic E-state index is -1.06. The Hall–Kier alpha value is -2.64. The first-order valence-corrected chi connectivity index (χ1v) is 6.18. The zero-order valence-corrected chi connectivity index (χ0v) is 10.9. The van der Waals surface area contributed by atoms with E-state index in [0.29, 0.717) is 18.3 Å². The Kier molecular flexibility index (Phi) is 3.00. The Morgan fingerprint density at radius 1 is 1.29 bits per heavy atom. The molecule has 8 heteroatoms. The lowest BCUT2D eigenvalue weighted by molar-refractivity contribution is -0.114. The lowest BCUT2D eigenvalue weighted by Gasteiger charge is -2.13. The van der Waals surface area contributed by atoms with Crippen molar-refractivity contribution in [2.45, 2.75) is 19.9 Å². The van der Waals surface area contributed by atoms with E-state index in [4.69, 9.17) is 4.52 Å². The van der Waals surface area contributed by atoms with Crippen molar-refractivity contribution in [3.63, 3.8) is 0 Å². The highest BCUT2D eigenvalue weighted by atomic mass is 19.1. The summed E-state index contributed by atoms with van der Waals surface area (Å²) in [5.41, 5.74) is -0.560. The van der Waals surface area contributed by atoms with E-state index in [1.165, 1.54) is 0 Å². The number of aromatic nitrogens is 2. The Labute approximate surface area is 117 Å². The highest BCUT2D eigenvalue weighted by Crippen LogP contribution is 2.32. The van der Waals surface area contributed by atoms with Gasteiger partial charge in [0.2, 0.25) is 5.89 Å². The van der Waals surface area contributed by atoms with E-state index in [1.807, 2.05) is 6.92 Å². The first-order valence-electron chi connectivity index (χ1n) is 6.18. The van der Waals surface area contributed by atoms with Gasteiger partial charge in [-0.25, -0.2) is 8.78 Å². The molecule has 6 nitrogen and oxygen atoms in total. The molecule has 0 radical (unpaired) electrons. The van der Waals surface area contributed by atoms with E-state index >= 15 is 0 Å². The largest absolute Gasteiger partial charge is 0.337 e. The Bertz CT molecular complexity index is 757. The summed E-state index contributed by atoms with van der Waals surface area (Å²) < 4.78 is 31.9. The Balaban J connectivity index is 2.01. The normalized spacial score (nSPS) is 14.0. The minimum absolute atomic E-state index is 0.0884. The topological polar surface area (TPSA) is 76.3 Å². The van der Waals surface area contributed by atoms with E-state index in [0.717, 1.165) is 11.0 Å². The third kappa shape index (κ3) is 2.08. The van der Waals surface area contributed by atoms with Crippen molar-refractivity contribution in [3.05, 3.63) is 41.0 Å². The zero-order chi connectivity index (χ0) is 15.1. The maximum absolute atomic E-state index is 13.7. The standard InChI is InChI=1S/C13H9F2N3O3/c1-2-9-16-10(21-17-9)5-18-8-4-6(14)3-7(15)11(8)12(19)13(18)20/h3-4H,2,5H2,1H3. The lowest BCUT2D eigenvalue weighted by Crippen LogP contribution is -2.29. The van der Waals surface area contributed by atoms with Crippen molar-refractivity contribution in [1.82, 2.24) is 10.1 Å². The minimum Gasteiger partial charge on any atom is -0.337 e. The van der Waals surface area contributed by atoms with Crippen LogP contribution in [0.3, 0.4) is 0 Å². The maximum Gasteiger partial charge on any atom is 0.300 e. The van der Waals surface area contributed by atoms with Crippen molar-refractivity contribution < 1.29 is 22.9 Å². The van der Waals surface area contributed by atoms with Crippen LogP contribution >= 0.6 is 0 Å². The summed E-state index contributed by atoms with van der Waals surface area (Å²) in [6, 6.07) is 1.49. The van der Waals surface area contributed by atoms with Gasteiger partial charge < -0.3 is 4.52 Å². The molecule has 1 aromatic heterocycles. The van der Waals surface area contributed by atoms with Gasteiger partial charge in [-0.3, -0.25) is 14.5 Å². The number of Topliss-reactive ketones (excluding diaryl/α,β-unsaturated/α-hetero) is 1. The average molecular weight is 293 g/mol. The SMILES string of the molecule is CCc1noc(CN2C(=O)C(=O)c3c(F)cc(F)cc32)n1. The van der Waals surface area contributed by atoms with Crippen LogP contribution in [0, 0.1) is 11.6 Å². The fraction of sp³-hybridized carbons (Fsp3) is 0.231. The number of hydrogen-bond donors (Lipinski definition) is 0. The molecule has 0 bridgehead atoms. The van der Waals surface area contributed by atoms with Crippen LogP contribution in [0.2, 0.25) is 0 Å². The summed E-state index contributed by atoms with van der Waals surface area (Å²) >= 11 is 0. The van der Waals surface area contributed by atoms with Gasteiger partial charge in [0, 0.05) is 12.5 Å². The molecule has 1 amide bonds. The van der Waals surface area contributed by atoms with Crippen LogP contribution in [0.1, 0.15) is 29.0 Å². The van der Waals surface area contributed by atoms with Crippen molar-refractivity contribution >= 4 is 17.4 Å². The molecule has 1 aliphatic heterocycles. The number of amides is 1. The molecule has 3 rings (SSSR count). The molecule has 0 fully saturated rings. The van der Waals surface area contributed by atoms with Crippen molar-refractivity contribution in [3.8, 4) is 0 Å². The summed E-state index contributed by atoms with van der Waals surface area (Å²) in [6.45, 7) is 1.60. The van der Waals surface area contributed by atoms with Gasteiger partial charge in [-0.05, 0) is 6.07 Å². The quantitative estimate of drug-likeness (QED) is 0.804. The summed E-state index contributed by atoms with van der Waals surface area (Å²) in [6.07, 6.45) is 0.538. The molecule has 108 valence electrons. The first kappa shape index (κ1) is 13.3. The number of carbonyl (C=O) groups is 2. The van der Waals surface area contributed by atoms with E-state index in [2.05, 4.69) is 10.1 Å². The predicted octanol–water partition coefficient (Wildman–Crippen LogP) is 1.64. The third-order valence-electron chi connectivity index (χ3n) is 3.11. The Morgan fingerprint density at radius 3 is 2.71 bits per heavy atom. The molecule has 0 spiro atoms. The summed E-state index contributed by atoms with van der Waals surface area (Å²) in [5, 5.41) is 3.65. The number of halogens is 2. The highest BCUT2D eigenvalue weighted by molar-refractivity contribution is 6.52. The molecule has 1 aliphatic rings. The second-order valence-electron chi connectivity index (χ2n) is 4.46. The van der Waals surface area contributed by atoms with Crippen LogP contribution in [-0.2, 0) is 17.8 Å². The summed E-state index contributed by atoms with van der Waals surface area (Å²) in [7, 11) is 0. The van der Waals surface area contributed by atoms with Gasteiger partial charge in [-0.2, -0.15) is 4.98 Å². The summed E-state index contributed by atoms with van der Waals surface area (Å²) in [5.74, 6) is -3.38. The van der Waals surface area contributed by atoms with Gasteiger partial charge in [0.15, 0.2) is 5.82 Å². The van der Waals surface area contributed by atoms with Crippen LogP contribution in [0.25, 0.3) is 0 Å². The molecule has 0 N–H and O–H groups in total. The third-order valence-corrected chi connectivity index (χ3v) is 3.11. The molecule has 0 saturated heterocycles. The fourth-order valence-corrected chi connectivity index (χ4v) is 2.13. The average Bonchev–Trinajstić information content (AvgIpc) is 2.98. The number of carbonyl (C=O) groups excluding carboxylic acids is 2. The molecular formula is C13H9F2N3O3. The number of hydrogen-bond acceptors (Lipinski definition) is 5. The molecule has 1 aromatic carbocycles. The van der Waals surface area contributed by atoms with Gasteiger partial charge in [0.25, 0.3) is 11.7 Å². The molecule has 0 aliphatic carbocycles. The molecule has 0 unspecified atom stereocenters. The number of benzene rings is 1. The fourth-order valence-electron chi connectivity index (χ4n) is 2.13. The number of aryl methyl sites for hydroxylation is 1. The number of rotatable bonds is 3. The van der Waals surface area contributed by atoms with E-state index < -0.39 is 28.9 Å². The van der Waals surface area contributed by atoms with Crippen LogP contribution in [0.5, 0.6) is 0 Å². The van der Waals surface area contributed by atoms with Crippen molar-refractivity contribution in [2.24, 2.45) is 0 Å². The summed E-state index contributed by atoms with van der Waals surface area (Å²) in [4.78, 5) is 28.6. The van der Waals surface area contributed by atoms with E-state index in [1.54, 1.807) is 0 Å². The molecule has 0 saturated carbocycles. The van der Waals surface area contributed by atoms with Crippen molar-refractivity contribution in [2.75, 3.05) is 4.90 Å². The lowest BCUT2D eigenvalue weighted by atomic mass is 10.1. The van der Waals surface area contributed by atoms with E-state index in [-0.39, 0.29) is 18.1 Å². The highest BCUT2D eigenvalue weighted by Gasteiger charge is 2.39. The van der Waals surface area contributed by atoms with Gasteiger partial charge in [-0.1, -0.05) is 12.1 Å². The Morgan fingerprint density at radius 2 is 2.05 bits per heavy atom. The van der Waals surface area contributed by atoms with Crippen LogP contribution < -0.4 is 4.90 Å². The number of nitrogens with zero attached hydrogens (tertiary/aromatic N) is 3. The van der Waals surface area contributed by atoms with Gasteiger partial charge in [0.05, 0.1) is 11.3 Å². The molecule has 2 heterocycles. The number of fused-ring (bicyclic) bond motifs is 1. The maximum atomic E-state index is 13.7. The molecule has 21 heavy (non-hydrogen) atoms. The van der Waals surface area contributed by atoms with Gasteiger partial charge in [-0.15, -0.1) is 0 Å². The predicted molar refractivity (Wildman–Crippen MR) is 65.6 cm³/mol. The second-order valence-corrected chi connectivity index (χ2v) is 4.46. The smallest absolute Gasteiger partial charge is 0.300 e. The molecule has 0 atom stereocenters. The number of ketones is 1. The van der Waals surface area contributed by atoms with Crippen LogP contribution in [0.15, 0.2) is 16.7 Å². The number of anilines is 1. The van der Waals surface area contributed by atoms with Gasteiger partial charge in [0.1, 0.15) is 18.2 Å². The van der Waals surface area contributed by atoms with Crippen LogP contribution in [0.4, 0.5) is 14.5 Å². The monoisotopic (exact) mass is 293 g/mol. The van der Waals surface area contributed by atoms with Crippen molar-refractivity contribution in [1.29, 1.82) is 0 Å².